The highest BCUT2D eigenvalue weighted by Crippen LogP contribution is 2.32. The van der Waals surface area contributed by atoms with Crippen LogP contribution in [0.2, 0.25) is 0 Å². The predicted molar refractivity (Wildman–Crippen MR) is 100 cm³/mol. The van der Waals surface area contributed by atoms with E-state index in [1.807, 2.05) is 32.0 Å². The third-order valence-electron chi connectivity index (χ3n) is 4.20. The fourth-order valence-electron chi connectivity index (χ4n) is 2.94. The van der Waals surface area contributed by atoms with E-state index >= 15 is 0 Å². The molecule has 25 heavy (non-hydrogen) atoms. The van der Waals surface area contributed by atoms with Gasteiger partial charge in [-0.05, 0) is 29.7 Å². The Morgan fingerprint density at radius 2 is 2.08 bits per heavy atom. The lowest BCUT2D eigenvalue weighted by atomic mass is 9.98. The van der Waals surface area contributed by atoms with Gasteiger partial charge in [-0.1, -0.05) is 49.3 Å². The first-order valence-corrected chi connectivity index (χ1v) is 8.90. The first-order valence-electron chi connectivity index (χ1n) is 8.90. The van der Waals surface area contributed by atoms with E-state index in [-0.39, 0.29) is 6.61 Å². The summed E-state index contributed by atoms with van der Waals surface area (Å²) in [4.78, 5) is 5.47. The Hall–Kier alpha value is -2.11. The second kappa shape index (κ2) is 8.32. The first kappa shape index (κ1) is 17.7. The van der Waals surface area contributed by atoms with E-state index in [9.17, 15) is 5.11 Å². The minimum atomic E-state index is -0.583. The number of nitrogens with one attached hydrogen (secondary N) is 1. The third-order valence-corrected chi connectivity index (χ3v) is 4.20. The zero-order valence-corrected chi connectivity index (χ0v) is 14.9. The topological polar surface area (TPSA) is 63.1 Å². The van der Waals surface area contributed by atoms with Crippen molar-refractivity contribution >= 4 is 16.5 Å². The van der Waals surface area contributed by atoms with Crippen LogP contribution in [0.25, 0.3) is 10.8 Å². The van der Waals surface area contributed by atoms with E-state index in [0.717, 1.165) is 40.6 Å². The largest absolute Gasteiger partial charge is 0.493 e. The quantitative estimate of drug-likeness (QED) is 0.792. The molecule has 2 aromatic carbocycles. The van der Waals surface area contributed by atoms with E-state index < -0.39 is 6.10 Å². The lowest BCUT2D eigenvalue weighted by Crippen LogP contribution is -2.34. The maximum absolute atomic E-state index is 9.97. The molecule has 0 aliphatic carbocycles. The monoisotopic (exact) mass is 342 g/mol. The van der Waals surface area contributed by atoms with Crippen molar-refractivity contribution in [1.29, 1.82) is 0 Å². The molecule has 0 aromatic heterocycles. The third kappa shape index (κ3) is 4.50. The van der Waals surface area contributed by atoms with Crippen LogP contribution >= 0.6 is 0 Å². The average molecular weight is 342 g/mol. The summed E-state index contributed by atoms with van der Waals surface area (Å²) in [6, 6.07) is 12.6. The van der Waals surface area contributed by atoms with E-state index in [2.05, 4.69) is 28.7 Å². The minimum absolute atomic E-state index is 0.171. The molecule has 0 fully saturated rings. The number of aliphatic hydroxyl groups is 1. The van der Waals surface area contributed by atoms with E-state index in [1.54, 1.807) is 0 Å². The number of nitrogens with zero attached hydrogens (tertiary/aromatic N) is 1. The summed E-state index contributed by atoms with van der Waals surface area (Å²) in [7, 11) is 0. The van der Waals surface area contributed by atoms with Crippen molar-refractivity contribution < 1.29 is 14.7 Å². The van der Waals surface area contributed by atoms with E-state index in [4.69, 9.17) is 9.57 Å². The molecule has 2 aromatic rings. The fraction of sp³-hybridized carbons (Fsp3) is 0.450. The van der Waals surface area contributed by atoms with Crippen LogP contribution in [0, 0.1) is 0 Å². The van der Waals surface area contributed by atoms with Crippen molar-refractivity contribution in [3.8, 4) is 5.75 Å². The zero-order chi connectivity index (χ0) is 17.6. The van der Waals surface area contributed by atoms with Crippen LogP contribution < -0.4 is 10.1 Å². The summed E-state index contributed by atoms with van der Waals surface area (Å²) in [5.41, 5.74) is 1.89. The molecule has 1 heterocycles. The Labute approximate surface area is 148 Å². The van der Waals surface area contributed by atoms with Crippen molar-refractivity contribution in [2.75, 3.05) is 19.8 Å². The van der Waals surface area contributed by atoms with Gasteiger partial charge in [-0.15, -0.1) is 0 Å². The van der Waals surface area contributed by atoms with Crippen molar-refractivity contribution in [1.82, 2.24) is 5.32 Å². The number of oxime groups is 1. The van der Waals surface area contributed by atoms with Crippen molar-refractivity contribution in [2.24, 2.45) is 5.16 Å². The number of benzene rings is 2. The Bertz CT molecular complexity index is 743. The molecule has 0 spiro atoms. The maximum Gasteiger partial charge on any atom is 0.144 e. The molecule has 2 N–H and O–H groups in total. The van der Waals surface area contributed by atoms with Gasteiger partial charge in [0, 0.05) is 18.2 Å². The summed E-state index contributed by atoms with van der Waals surface area (Å²) < 4.78 is 5.88. The number of aliphatic hydroxyl groups excluding tert-OH is 1. The lowest BCUT2D eigenvalue weighted by molar-refractivity contribution is 0.0393. The molecular formula is C20H26N2O3. The standard InChI is InChI=1S/C20H26N2O3/c1-14(2)21-12-16(23)13-25-22-18-8-5-11-24-19-10-9-15-6-3-4-7-17(15)20(18)19/h3-4,6-7,9-10,14,16,21,23H,5,8,11-13H2,1-2H3/b22-18+. The highest BCUT2D eigenvalue weighted by Gasteiger charge is 2.19. The van der Waals surface area contributed by atoms with Crippen LogP contribution in [0.3, 0.4) is 0 Å². The minimum Gasteiger partial charge on any atom is -0.493 e. The van der Waals surface area contributed by atoms with Crippen molar-refractivity contribution in [3.05, 3.63) is 42.0 Å². The van der Waals surface area contributed by atoms with Gasteiger partial charge < -0.3 is 20.0 Å². The molecule has 1 atom stereocenters. The van der Waals surface area contributed by atoms with Crippen LogP contribution in [-0.2, 0) is 4.84 Å². The summed E-state index contributed by atoms with van der Waals surface area (Å²) in [6.07, 6.45) is 1.10. The van der Waals surface area contributed by atoms with Crippen LogP contribution in [0.5, 0.6) is 5.75 Å². The van der Waals surface area contributed by atoms with Crippen LogP contribution in [0.4, 0.5) is 0 Å². The Morgan fingerprint density at radius 1 is 1.24 bits per heavy atom. The van der Waals surface area contributed by atoms with Gasteiger partial charge in [-0.2, -0.15) is 0 Å². The van der Waals surface area contributed by atoms with E-state index in [1.165, 1.54) is 0 Å². The molecule has 1 aliphatic heterocycles. The highest BCUT2D eigenvalue weighted by molar-refractivity contribution is 6.13. The van der Waals surface area contributed by atoms with Gasteiger partial charge in [0.25, 0.3) is 0 Å². The molecule has 1 aliphatic rings. The summed E-state index contributed by atoms with van der Waals surface area (Å²) in [5, 5.41) is 19.8. The fourth-order valence-corrected chi connectivity index (χ4v) is 2.94. The Morgan fingerprint density at radius 3 is 2.92 bits per heavy atom. The molecular weight excluding hydrogens is 316 g/mol. The number of fused-ring (bicyclic) bond motifs is 3. The van der Waals surface area contributed by atoms with Crippen molar-refractivity contribution in [2.45, 2.75) is 38.8 Å². The number of hydrogen-bond acceptors (Lipinski definition) is 5. The summed E-state index contributed by atoms with van der Waals surface area (Å²) in [6.45, 7) is 5.42. The molecule has 0 bridgehead atoms. The molecule has 5 heteroatoms. The van der Waals surface area contributed by atoms with Crippen LogP contribution in [0.15, 0.2) is 41.6 Å². The van der Waals surface area contributed by atoms with Crippen LogP contribution in [-0.4, -0.2) is 42.7 Å². The molecule has 5 nitrogen and oxygen atoms in total. The van der Waals surface area contributed by atoms with Crippen molar-refractivity contribution in [3.63, 3.8) is 0 Å². The average Bonchev–Trinajstić information content (AvgIpc) is 2.82. The van der Waals surface area contributed by atoms with Gasteiger partial charge in [0.2, 0.25) is 0 Å². The van der Waals surface area contributed by atoms with Gasteiger partial charge in [0.1, 0.15) is 18.5 Å². The van der Waals surface area contributed by atoms with Gasteiger partial charge >= 0.3 is 0 Å². The SMILES string of the molecule is CC(C)NCC(O)CO/N=C1\CCCOc2ccc3ccccc3c21. The second-order valence-electron chi connectivity index (χ2n) is 6.66. The smallest absolute Gasteiger partial charge is 0.144 e. The predicted octanol–water partition coefficient (Wildman–Crippen LogP) is 3.09. The number of ether oxygens (including phenoxy) is 1. The van der Waals surface area contributed by atoms with Gasteiger partial charge in [-0.25, -0.2) is 0 Å². The normalized spacial score (nSPS) is 17.2. The molecule has 0 radical (unpaired) electrons. The highest BCUT2D eigenvalue weighted by atomic mass is 16.6. The van der Waals surface area contributed by atoms with Gasteiger partial charge in [0.15, 0.2) is 0 Å². The molecule has 0 saturated carbocycles. The molecule has 0 saturated heterocycles. The first-order chi connectivity index (χ1) is 12.1. The number of hydrogen-bond donors (Lipinski definition) is 2. The lowest BCUT2D eigenvalue weighted by Gasteiger charge is -2.14. The van der Waals surface area contributed by atoms with Crippen LogP contribution in [0.1, 0.15) is 32.3 Å². The molecule has 134 valence electrons. The van der Waals surface area contributed by atoms with Gasteiger partial charge in [0.05, 0.1) is 12.3 Å². The maximum atomic E-state index is 9.97. The molecule has 1 unspecified atom stereocenters. The molecule has 3 rings (SSSR count). The molecule has 0 amide bonds. The Balaban J connectivity index is 1.79. The summed E-state index contributed by atoms with van der Waals surface area (Å²) in [5.74, 6) is 0.848. The zero-order valence-electron chi connectivity index (χ0n) is 14.9. The second-order valence-corrected chi connectivity index (χ2v) is 6.66. The Kier molecular flexibility index (Phi) is 5.89. The van der Waals surface area contributed by atoms with E-state index in [0.29, 0.717) is 19.2 Å². The number of rotatable bonds is 6. The summed E-state index contributed by atoms with van der Waals surface area (Å²) >= 11 is 0. The van der Waals surface area contributed by atoms with Gasteiger partial charge in [-0.3, -0.25) is 0 Å².